The summed E-state index contributed by atoms with van der Waals surface area (Å²) in [4.78, 5) is 13.0. The van der Waals surface area contributed by atoms with Crippen molar-refractivity contribution in [3.8, 4) is 0 Å². The Morgan fingerprint density at radius 2 is 2.00 bits per heavy atom. The Labute approximate surface area is 119 Å². The van der Waals surface area contributed by atoms with E-state index in [1.54, 1.807) is 6.26 Å². The van der Waals surface area contributed by atoms with Crippen molar-refractivity contribution in [3.63, 3.8) is 0 Å². The van der Waals surface area contributed by atoms with Gasteiger partial charge < -0.3 is 9.52 Å². The van der Waals surface area contributed by atoms with Crippen LogP contribution in [0.5, 0.6) is 0 Å². The molecule has 0 fully saturated rings. The number of furan rings is 1. The molecule has 0 spiro atoms. The molecule has 0 atom stereocenters. The minimum atomic E-state index is -0.767. The molecule has 1 aromatic carbocycles. The third kappa shape index (κ3) is 3.39. The van der Waals surface area contributed by atoms with Crippen LogP contribution in [-0.4, -0.2) is 28.1 Å². The molecule has 2 aromatic rings. The Balaban J connectivity index is 2.21. The normalized spacial score (nSPS) is 12.2. The summed E-state index contributed by atoms with van der Waals surface area (Å²) >= 11 is 0. The fraction of sp³-hybridized carbons (Fsp3) is 0.438. The van der Waals surface area contributed by atoms with Gasteiger partial charge in [0.05, 0.1) is 12.7 Å². The molecule has 108 valence electrons. The molecule has 0 radical (unpaired) electrons. The highest BCUT2D eigenvalue weighted by Gasteiger charge is 2.23. The van der Waals surface area contributed by atoms with Crippen molar-refractivity contribution in [1.82, 2.24) is 4.90 Å². The Morgan fingerprint density at radius 3 is 2.65 bits per heavy atom. The second-order valence-corrected chi connectivity index (χ2v) is 5.99. The Morgan fingerprint density at radius 1 is 1.30 bits per heavy atom. The van der Waals surface area contributed by atoms with Crippen LogP contribution in [0.2, 0.25) is 0 Å². The van der Waals surface area contributed by atoms with E-state index in [2.05, 4.69) is 25.7 Å². The van der Waals surface area contributed by atoms with Crippen molar-refractivity contribution in [1.29, 1.82) is 0 Å². The Bertz CT molecular complexity index is 595. The lowest BCUT2D eigenvalue weighted by Crippen LogP contribution is -2.41. The lowest BCUT2D eigenvalue weighted by atomic mass is 10.0. The Kier molecular flexibility index (Phi) is 4.14. The van der Waals surface area contributed by atoms with Crippen LogP contribution in [0.25, 0.3) is 11.0 Å². The van der Waals surface area contributed by atoms with Crippen LogP contribution in [0.4, 0.5) is 0 Å². The monoisotopic (exact) mass is 275 g/mol. The predicted molar refractivity (Wildman–Crippen MR) is 78.6 cm³/mol. The topological polar surface area (TPSA) is 53.7 Å². The van der Waals surface area contributed by atoms with Crippen LogP contribution in [0, 0.1) is 0 Å². The highest BCUT2D eigenvalue weighted by Crippen LogP contribution is 2.25. The number of benzene rings is 1. The van der Waals surface area contributed by atoms with E-state index in [4.69, 9.17) is 9.52 Å². The minimum absolute atomic E-state index is 0.0895. The van der Waals surface area contributed by atoms with Crippen molar-refractivity contribution in [3.05, 3.63) is 36.1 Å². The number of aliphatic carboxylic acids is 1. The molecule has 0 amide bonds. The number of carboxylic acids is 1. The van der Waals surface area contributed by atoms with Crippen molar-refractivity contribution < 1.29 is 14.3 Å². The summed E-state index contributed by atoms with van der Waals surface area (Å²) < 4.78 is 5.55. The first-order chi connectivity index (χ1) is 9.38. The van der Waals surface area contributed by atoms with Crippen molar-refractivity contribution in [2.24, 2.45) is 0 Å². The molecule has 0 unspecified atom stereocenters. The van der Waals surface area contributed by atoms with Gasteiger partial charge in [0, 0.05) is 29.6 Å². The van der Waals surface area contributed by atoms with Crippen LogP contribution >= 0.6 is 0 Å². The number of hydrogen-bond acceptors (Lipinski definition) is 3. The molecule has 1 aromatic heterocycles. The van der Waals surface area contributed by atoms with Gasteiger partial charge in [-0.05, 0) is 26.8 Å². The average molecular weight is 275 g/mol. The molecular weight excluding hydrogens is 254 g/mol. The van der Waals surface area contributed by atoms with E-state index in [1.807, 2.05) is 24.3 Å². The summed E-state index contributed by atoms with van der Waals surface area (Å²) in [6, 6.07) is 7.91. The average Bonchev–Trinajstić information content (AvgIpc) is 2.76. The number of fused-ring (bicyclic) bond motifs is 1. The zero-order valence-corrected chi connectivity index (χ0v) is 12.2. The summed E-state index contributed by atoms with van der Waals surface area (Å²) in [5.41, 5.74) is 1.88. The molecule has 1 N–H and O–H groups in total. The number of nitrogens with zero attached hydrogens (tertiary/aromatic N) is 1. The number of carboxylic acid groups (broad SMARTS) is 1. The van der Waals surface area contributed by atoms with E-state index in [-0.39, 0.29) is 12.0 Å². The van der Waals surface area contributed by atoms with Crippen LogP contribution in [0.3, 0.4) is 0 Å². The summed E-state index contributed by atoms with van der Waals surface area (Å²) in [5, 5.41) is 9.98. The van der Waals surface area contributed by atoms with E-state index in [1.165, 1.54) is 0 Å². The van der Waals surface area contributed by atoms with Crippen LogP contribution in [0.15, 0.2) is 34.9 Å². The maximum atomic E-state index is 10.8. The minimum Gasteiger partial charge on any atom is -0.481 e. The SMILES string of the molecule is CC(C)(C)N(CCC(=O)O)Cc1coc2ccccc12. The third-order valence-corrected chi connectivity index (χ3v) is 3.47. The summed E-state index contributed by atoms with van der Waals surface area (Å²) in [6.45, 7) is 7.50. The molecule has 1 heterocycles. The van der Waals surface area contributed by atoms with Crippen LogP contribution < -0.4 is 0 Å². The molecule has 4 nitrogen and oxygen atoms in total. The van der Waals surface area contributed by atoms with Crippen molar-refractivity contribution in [2.75, 3.05) is 6.54 Å². The number of hydrogen-bond donors (Lipinski definition) is 1. The third-order valence-electron chi connectivity index (χ3n) is 3.47. The smallest absolute Gasteiger partial charge is 0.304 e. The summed E-state index contributed by atoms with van der Waals surface area (Å²) in [5.74, 6) is -0.767. The first-order valence-corrected chi connectivity index (χ1v) is 6.80. The van der Waals surface area contributed by atoms with E-state index in [9.17, 15) is 4.79 Å². The largest absolute Gasteiger partial charge is 0.481 e. The number of carbonyl (C=O) groups is 1. The van der Waals surface area contributed by atoms with E-state index >= 15 is 0 Å². The first-order valence-electron chi connectivity index (χ1n) is 6.80. The van der Waals surface area contributed by atoms with E-state index in [0.29, 0.717) is 13.1 Å². The van der Waals surface area contributed by atoms with Gasteiger partial charge in [0.15, 0.2) is 0 Å². The molecule has 0 aliphatic carbocycles. The summed E-state index contributed by atoms with van der Waals surface area (Å²) in [7, 11) is 0. The zero-order chi connectivity index (χ0) is 14.8. The first kappa shape index (κ1) is 14.6. The Hall–Kier alpha value is -1.81. The molecule has 2 rings (SSSR count). The van der Waals surface area contributed by atoms with Gasteiger partial charge in [0.1, 0.15) is 5.58 Å². The molecule has 0 saturated carbocycles. The van der Waals surface area contributed by atoms with Crippen molar-refractivity contribution >= 4 is 16.9 Å². The lowest BCUT2D eigenvalue weighted by Gasteiger charge is -2.35. The molecule has 0 saturated heterocycles. The fourth-order valence-electron chi connectivity index (χ4n) is 2.24. The van der Waals surface area contributed by atoms with Gasteiger partial charge in [-0.25, -0.2) is 0 Å². The number of rotatable bonds is 5. The zero-order valence-electron chi connectivity index (χ0n) is 12.2. The number of para-hydroxylation sites is 1. The lowest BCUT2D eigenvalue weighted by molar-refractivity contribution is -0.137. The van der Waals surface area contributed by atoms with Gasteiger partial charge in [-0.2, -0.15) is 0 Å². The maximum absolute atomic E-state index is 10.8. The maximum Gasteiger partial charge on any atom is 0.304 e. The van der Waals surface area contributed by atoms with Crippen molar-refractivity contribution in [2.45, 2.75) is 39.3 Å². The molecular formula is C16H21NO3. The predicted octanol–water partition coefficient (Wildman–Crippen LogP) is 3.51. The van der Waals surface area contributed by atoms with E-state index < -0.39 is 5.97 Å². The highest BCUT2D eigenvalue weighted by atomic mass is 16.4. The van der Waals surface area contributed by atoms with Gasteiger partial charge in [0.2, 0.25) is 0 Å². The van der Waals surface area contributed by atoms with Crippen LogP contribution in [-0.2, 0) is 11.3 Å². The van der Waals surface area contributed by atoms with Crippen LogP contribution in [0.1, 0.15) is 32.8 Å². The van der Waals surface area contributed by atoms with Gasteiger partial charge in [0.25, 0.3) is 0 Å². The molecule has 0 aliphatic rings. The van der Waals surface area contributed by atoms with Gasteiger partial charge >= 0.3 is 5.97 Å². The van der Waals surface area contributed by atoms with Gasteiger partial charge in [-0.3, -0.25) is 9.69 Å². The van der Waals surface area contributed by atoms with Gasteiger partial charge in [-0.15, -0.1) is 0 Å². The molecule has 0 aliphatic heterocycles. The standard InChI is InChI=1S/C16H21NO3/c1-16(2,3)17(9-8-15(18)19)10-12-11-20-14-7-5-4-6-13(12)14/h4-7,11H,8-10H2,1-3H3,(H,18,19). The quantitative estimate of drug-likeness (QED) is 0.907. The van der Waals surface area contributed by atoms with E-state index in [0.717, 1.165) is 16.5 Å². The molecule has 20 heavy (non-hydrogen) atoms. The second-order valence-electron chi connectivity index (χ2n) is 5.99. The second kappa shape index (κ2) is 5.67. The fourth-order valence-corrected chi connectivity index (χ4v) is 2.24. The summed E-state index contributed by atoms with van der Waals surface area (Å²) in [6.07, 6.45) is 1.91. The highest BCUT2D eigenvalue weighted by molar-refractivity contribution is 5.80. The molecule has 0 bridgehead atoms. The molecule has 4 heteroatoms. The van der Waals surface area contributed by atoms with Gasteiger partial charge in [-0.1, -0.05) is 18.2 Å².